The molecule has 1 atom stereocenters. The normalized spacial score (nSPS) is 17.4. The van der Waals surface area contributed by atoms with Crippen LogP contribution < -0.4 is 10.6 Å². The van der Waals surface area contributed by atoms with Crippen molar-refractivity contribution in [2.75, 3.05) is 11.9 Å². The third kappa shape index (κ3) is 2.70. The second kappa shape index (κ2) is 5.51. The van der Waals surface area contributed by atoms with Gasteiger partial charge in [-0.2, -0.15) is 5.10 Å². The molecule has 1 fully saturated rings. The average Bonchev–Trinajstić information content (AvgIpc) is 3.16. The highest BCUT2D eigenvalue weighted by Gasteiger charge is 2.26. The number of carbonyl (C=O) groups excluding carboxylic acids is 1. The van der Waals surface area contributed by atoms with Crippen LogP contribution in [0.4, 0.5) is 11.5 Å². The second-order valence-corrected chi connectivity index (χ2v) is 5.75. The highest BCUT2D eigenvalue weighted by molar-refractivity contribution is 6.31. The van der Waals surface area contributed by atoms with Crippen LogP contribution in [0.2, 0.25) is 5.02 Å². The summed E-state index contributed by atoms with van der Waals surface area (Å²) in [6.45, 7) is 0.685. The fraction of sp³-hybridized carbons (Fsp3) is 0.200. The Kier molecular flexibility index (Phi) is 3.34. The number of rotatable bonds is 3. The van der Waals surface area contributed by atoms with Gasteiger partial charge in [0.05, 0.1) is 29.1 Å². The lowest BCUT2D eigenvalue weighted by atomic mass is 10.2. The lowest BCUT2D eigenvalue weighted by molar-refractivity contribution is -0.122. The van der Waals surface area contributed by atoms with Gasteiger partial charge in [0.2, 0.25) is 5.91 Å². The molecule has 0 saturated carbocycles. The first-order valence-corrected chi connectivity index (χ1v) is 7.58. The quantitative estimate of drug-likeness (QED) is 0.770. The molecule has 23 heavy (non-hydrogen) atoms. The van der Waals surface area contributed by atoms with Crippen LogP contribution >= 0.6 is 11.6 Å². The van der Waals surface area contributed by atoms with Crippen molar-refractivity contribution in [2.24, 2.45) is 0 Å². The summed E-state index contributed by atoms with van der Waals surface area (Å²) in [6.07, 6.45) is 5.84. The number of nitrogens with one attached hydrogen (secondary N) is 2. The van der Waals surface area contributed by atoms with E-state index in [-0.39, 0.29) is 11.9 Å². The molecule has 7 nitrogen and oxygen atoms in total. The van der Waals surface area contributed by atoms with Crippen LogP contribution in [-0.2, 0) is 4.79 Å². The third-order valence-electron chi connectivity index (χ3n) is 3.72. The average molecular weight is 329 g/mol. The highest BCUT2D eigenvalue weighted by Crippen LogP contribution is 2.21. The molecular weight excluding hydrogens is 316 g/mol. The molecule has 1 aliphatic rings. The van der Waals surface area contributed by atoms with Gasteiger partial charge in [-0.05, 0) is 24.6 Å². The summed E-state index contributed by atoms with van der Waals surface area (Å²) in [4.78, 5) is 20.5. The van der Waals surface area contributed by atoms with Crippen molar-refractivity contribution in [3.05, 3.63) is 41.8 Å². The predicted molar refractivity (Wildman–Crippen MR) is 86.7 cm³/mol. The van der Waals surface area contributed by atoms with Crippen LogP contribution in [0.5, 0.6) is 0 Å². The van der Waals surface area contributed by atoms with E-state index in [1.807, 2.05) is 6.07 Å². The predicted octanol–water partition coefficient (Wildman–Crippen LogP) is 2.28. The van der Waals surface area contributed by atoms with E-state index < -0.39 is 0 Å². The van der Waals surface area contributed by atoms with Gasteiger partial charge in [0.1, 0.15) is 11.9 Å². The van der Waals surface area contributed by atoms with E-state index in [1.165, 1.54) is 0 Å². The number of nitrogens with zero attached hydrogens (tertiary/aromatic N) is 4. The zero-order valence-electron chi connectivity index (χ0n) is 12.0. The summed E-state index contributed by atoms with van der Waals surface area (Å²) in [5.74, 6) is 0.609. The Balaban J connectivity index is 1.57. The first kappa shape index (κ1) is 14.0. The Morgan fingerprint density at radius 1 is 1.30 bits per heavy atom. The van der Waals surface area contributed by atoms with Crippen molar-refractivity contribution in [2.45, 2.75) is 12.5 Å². The lowest BCUT2D eigenvalue weighted by Crippen LogP contribution is -2.22. The number of hydrogen-bond donors (Lipinski definition) is 2. The number of amides is 1. The Morgan fingerprint density at radius 3 is 3.04 bits per heavy atom. The summed E-state index contributed by atoms with van der Waals surface area (Å²) in [7, 11) is 0. The number of halogens is 1. The fourth-order valence-corrected chi connectivity index (χ4v) is 2.76. The Labute approximate surface area is 136 Å². The van der Waals surface area contributed by atoms with Crippen molar-refractivity contribution < 1.29 is 4.79 Å². The van der Waals surface area contributed by atoms with E-state index in [2.05, 4.69) is 25.7 Å². The zero-order chi connectivity index (χ0) is 15.8. The lowest BCUT2D eigenvalue weighted by Gasteiger charge is -2.06. The van der Waals surface area contributed by atoms with E-state index in [9.17, 15) is 4.79 Å². The number of fused-ring (bicyclic) bond motifs is 1. The van der Waals surface area contributed by atoms with E-state index in [0.717, 1.165) is 23.1 Å². The molecule has 1 aromatic carbocycles. The molecule has 2 N–H and O–H groups in total. The standard InChI is InChI=1S/C15H13ClN6O/c16-9-1-2-11-12(5-9)18-7-14(21-11)20-10-6-19-22(8-10)13-3-4-17-15(13)23/h1-2,5-8,13H,3-4H2,(H,17,23)(H,20,21). The molecular formula is C15H13ClN6O. The topological polar surface area (TPSA) is 84.7 Å². The maximum atomic E-state index is 11.7. The van der Waals surface area contributed by atoms with Crippen LogP contribution in [0.1, 0.15) is 12.5 Å². The molecule has 3 aromatic rings. The summed E-state index contributed by atoms with van der Waals surface area (Å²) in [5, 5.41) is 10.8. The van der Waals surface area contributed by atoms with Gasteiger partial charge in [-0.15, -0.1) is 0 Å². The van der Waals surface area contributed by atoms with Gasteiger partial charge in [-0.25, -0.2) is 4.98 Å². The van der Waals surface area contributed by atoms with Crippen molar-refractivity contribution in [3.8, 4) is 0 Å². The molecule has 4 rings (SSSR count). The highest BCUT2D eigenvalue weighted by atomic mass is 35.5. The van der Waals surface area contributed by atoms with Gasteiger partial charge in [-0.3, -0.25) is 14.5 Å². The molecule has 3 heterocycles. The molecule has 0 aliphatic carbocycles. The number of anilines is 2. The van der Waals surface area contributed by atoms with Crippen LogP contribution in [0.3, 0.4) is 0 Å². The molecule has 0 spiro atoms. The molecule has 8 heteroatoms. The minimum atomic E-state index is -0.240. The Bertz CT molecular complexity index is 893. The Morgan fingerprint density at radius 2 is 2.22 bits per heavy atom. The van der Waals surface area contributed by atoms with Gasteiger partial charge in [0, 0.05) is 17.8 Å². The molecule has 116 valence electrons. The van der Waals surface area contributed by atoms with Crippen LogP contribution in [-0.4, -0.2) is 32.2 Å². The maximum absolute atomic E-state index is 11.7. The third-order valence-corrected chi connectivity index (χ3v) is 3.95. The molecule has 1 saturated heterocycles. The van der Waals surface area contributed by atoms with Crippen LogP contribution in [0.25, 0.3) is 11.0 Å². The SMILES string of the molecule is O=C1NCCC1n1cc(Nc2cnc3cc(Cl)ccc3n2)cn1. The van der Waals surface area contributed by atoms with Gasteiger partial charge in [-0.1, -0.05) is 11.6 Å². The Hall–Kier alpha value is -2.67. The van der Waals surface area contributed by atoms with Gasteiger partial charge >= 0.3 is 0 Å². The first-order chi connectivity index (χ1) is 11.2. The number of carbonyl (C=O) groups is 1. The molecule has 1 amide bonds. The first-order valence-electron chi connectivity index (χ1n) is 7.20. The number of benzene rings is 1. The van der Waals surface area contributed by atoms with Gasteiger partial charge in [0.25, 0.3) is 0 Å². The second-order valence-electron chi connectivity index (χ2n) is 5.32. The molecule has 0 bridgehead atoms. The maximum Gasteiger partial charge on any atom is 0.244 e. The van der Waals surface area contributed by atoms with E-state index in [1.54, 1.807) is 35.4 Å². The number of aromatic nitrogens is 4. The largest absolute Gasteiger partial charge is 0.354 e. The van der Waals surface area contributed by atoms with E-state index in [0.29, 0.717) is 17.4 Å². The fourth-order valence-electron chi connectivity index (χ4n) is 2.60. The smallest absolute Gasteiger partial charge is 0.244 e. The van der Waals surface area contributed by atoms with Crippen LogP contribution in [0, 0.1) is 0 Å². The summed E-state index contributed by atoms with van der Waals surface area (Å²) in [6, 6.07) is 5.13. The number of hydrogen-bond acceptors (Lipinski definition) is 5. The minimum Gasteiger partial charge on any atom is -0.354 e. The molecule has 1 unspecified atom stereocenters. The molecule has 1 aliphatic heterocycles. The van der Waals surface area contributed by atoms with Crippen LogP contribution in [0.15, 0.2) is 36.8 Å². The summed E-state index contributed by atoms with van der Waals surface area (Å²) in [5.41, 5.74) is 2.25. The van der Waals surface area contributed by atoms with Crippen molar-refractivity contribution >= 4 is 40.0 Å². The molecule has 0 radical (unpaired) electrons. The van der Waals surface area contributed by atoms with E-state index in [4.69, 9.17) is 11.6 Å². The minimum absolute atomic E-state index is 0.00188. The van der Waals surface area contributed by atoms with Crippen molar-refractivity contribution in [1.82, 2.24) is 25.1 Å². The van der Waals surface area contributed by atoms with E-state index >= 15 is 0 Å². The van der Waals surface area contributed by atoms with Gasteiger partial charge < -0.3 is 10.6 Å². The monoisotopic (exact) mass is 328 g/mol. The summed E-state index contributed by atoms with van der Waals surface area (Å²) >= 11 is 5.94. The van der Waals surface area contributed by atoms with Crippen molar-refractivity contribution in [3.63, 3.8) is 0 Å². The van der Waals surface area contributed by atoms with Gasteiger partial charge in [0.15, 0.2) is 0 Å². The zero-order valence-corrected chi connectivity index (χ0v) is 12.8. The van der Waals surface area contributed by atoms with Crippen molar-refractivity contribution in [1.29, 1.82) is 0 Å². The molecule has 2 aromatic heterocycles. The summed E-state index contributed by atoms with van der Waals surface area (Å²) < 4.78 is 1.67.